The minimum Gasteiger partial charge on any atom is -0.353 e. The molecule has 2 fully saturated rings. The van der Waals surface area contributed by atoms with Crippen molar-refractivity contribution in [3.63, 3.8) is 0 Å². The van der Waals surface area contributed by atoms with Crippen molar-refractivity contribution in [3.8, 4) is 11.3 Å². The summed E-state index contributed by atoms with van der Waals surface area (Å²) >= 11 is 0. The van der Waals surface area contributed by atoms with Crippen LogP contribution in [0.15, 0.2) is 36.4 Å². The minimum absolute atomic E-state index is 0.578. The Morgan fingerprint density at radius 2 is 1.52 bits per heavy atom. The minimum atomic E-state index is -4.32. The van der Waals surface area contributed by atoms with E-state index in [0.29, 0.717) is 11.3 Å². The third kappa shape index (κ3) is 3.61. The lowest BCUT2D eigenvalue weighted by Crippen LogP contribution is -2.47. The van der Waals surface area contributed by atoms with Gasteiger partial charge in [-0.1, -0.05) is 12.1 Å². The Hall–Kier alpha value is -2.15. The molecule has 25 heavy (non-hydrogen) atoms. The van der Waals surface area contributed by atoms with Gasteiger partial charge in [-0.2, -0.15) is 13.2 Å². The summed E-state index contributed by atoms with van der Waals surface area (Å²) in [4.78, 5) is 4.74. The van der Waals surface area contributed by atoms with E-state index < -0.39 is 11.7 Å². The summed E-state index contributed by atoms with van der Waals surface area (Å²) < 4.78 is 37.9. The van der Waals surface area contributed by atoms with E-state index in [1.54, 1.807) is 0 Å². The lowest BCUT2D eigenvalue weighted by atomic mass is 10.1. The van der Waals surface area contributed by atoms with Gasteiger partial charge < -0.3 is 4.90 Å². The molecule has 0 atom stereocenters. The van der Waals surface area contributed by atoms with Crippen LogP contribution in [0.2, 0.25) is 0 Å². The molecule has 132 valence electrons. The molecule has 4 rings (SSSR count). The van der Waals surface area contributed by atoms with E-state index in [4.69, 9.17) is 0 Å². The van der Waals surface area contributed by atoms with Gasteiger partial charge in [-0.15, -0.1) is 10.2 Å². The van der Waals surface area contributed by atoms with Crippen LogP contribution < -0.4 is 4.90 Å². The molecule has 2 aromatic rings. The highest BCUT2D eigenvalue weighted by molar-refractivity contribution is 5.60. The summed E-state index contributed by atoms with van der Waals surface area (Å²) in [6.45, 7) is 3.97. The number of piperazine rings is 1. The summed E-state index contributed by atoms with van der Waals surface area (Å²) in [6.07, 6.45) is -1.68. The largest absolute Gasteiger partial charge is 0.416 e. The molecule has 0 spiro atoms. The third-order valence-corrected chi connectivity index (χ3v) is 4.86. The number of halogens is 3. The average molecular weight is 348 g/mol. The van der Waals surface area contributed by atoms with Gasteiger partial charge in [0.25, 0.3) is 0 Å². The van der Waals surface area contributed by atoms with Crippen molar-refractivity contribution in [2.24, 2.45) is 0 Å². The van der Waals surface area contributed by atoms with Crippen LogP contribution in [-0.2, 0) is 6.18 Å². The molecular formula is C18H19F3N4. The summed E-state index contributed by atoms with van der Waals surface area (Å²) in [5, 5.41) is 8.47. The lowest BCUT2D eigenvalue weighted by Gasteiger charge is -2.35. The van der Waals surface area contributed by atoms with Crippen LogP contribution in [-0.4, -0.2) is 47.3 Å². The summed E-state index contributed by atoms with van der Waals surface area (Å²) in [6, 6.07) is 9.51. The first kappa shape index (κ1) is 16.3. The maximum atomic E-state index is 12.6. The Morgan fingerprint density at radius 1 is 0.840 bits per heavy atom. The van der Waals surface area contributed by atoms with Gasteiger partial charge in [-0.25, -0.2) is 0 Å². The summed E-state index contributed by atoms with van der Waals surface area (Å²) in [7, 11) is 0. The number of anilines is 1. The molecule has 0 bridgehead atoms. The molecule has 1 saturated carbocycles. The SMILES string of the molecule is FC(F)(F)c1ccc(-c2ccc(N3CCN(C4CC4)CC3)nn2)cc1. The second kappa shape index (κ2) is 6.29. The maximum absolute atomic E-state index is 12.6. The first-order chi connectivity index (χ1) is 12.0. The zero-order valence-corrected chi connectivity index (χ0v) is 13.7. The van der Waals surface area contributed by atoms with Crippen molar-refractivity contribution >= 4 is 5.82 Å². The van der Waals surface area contributed by atoms with Gasteiger partial charge in [0, 0.05) is 37.8 Å². The van der Waals surface area contributed by atoms with Gasteiger partial charge in [0.2, 0.25) is 0 Å². The molecule has 7 heteroatoms. The van der Waals surface area contributed by atoms with E-state index in [-0.39, 0.29) is 0 Å². The van der Waals surface area contributed by atoms with Crippen LogP contribution in [0.3, 0.4) is 0 Å². The van der Waals surface area contributed by atoms with Crippen LogP contribution in [0, 0.1) is 0 Å². The van der Waals surface area contributed by atoms with Crippen molar-refractivity contribution < 1.29 is 13.2 Å². The fourth-order valence-electron chi connectivity index (χ4n) is 3.23. The molecule has 2 heterocycles. The topological polar surface area (TPSA) is 32.3 Å². The van der Waals surface area contributed by atoms with E-state index in [0.717, 1.165) is 50.2 Å². The summed E-state index contributed by atoms with van der Waals surface area (Å²) in [5.41, 5.74) is 0.550. The average Bonchev–Trinajstić information content (AvgIpc) is 3.47. The molecule has 1 saturated heterocycles. The number of alkyl halides is 3. The zero-order valence-electron chi connectivity index (χ0n) is 13.7. The Kier molecular flexibility index (Phi) is 4.11. The van der Waals surface area contributed by atoms with E-state index in [1.807, 2.05) is 12.1 Å². The van der Waals surface area contributed by atoms with E-state index in [9.17, 15) is 13.2 Å². The van der Waals surface area contributed by atoms with Crippen LogP contribution in [0.1, 0.15) is 18.4 Å². The molecule has 0 radical (unpaired) electrons. The number of nitrogens with zero attached hydrogens (tertiary/aromatic N) is 4. The zero-order chi connectivity index (χ0) is 17.4. The second-order valence-electron chi connectivity index (χ2n) is 6.61. The molecule has 1 aliphatic carbocycles. The highest BCUT2D eigenvalue weighted by Crippen LogP contribution is 2.31. The van der Waals surface area contributed by atoms with E-state index in [2.05, 4.69) is 20.0 Å². The Balaban J connectivity index is 1.43. The third-order valence-electron chi connectivity index (χ3n) is 4.86. The van der Waals surface area contributed by atoms with Gasteiger partial charge >= 0.3 is 6.18 Å². The molecule has 1 aliphatic heterocycles. The van der Waals surface area contributed by atoms with E-state index in [1.165, 1.54) is 25.0 Å². The second-order valence-corrected chi connectivity index (χ2v) is 6.61. The van der Waals surface area contributed by atoms with Gasteiger partial charge in [0.05, 0.1) is 11.3 Å². The Morgan fingerprint density at radius 3 is 2.04 bits per heavy atom. The van der Waals surface area contributed by atoms with Crippen LogP contribution >= 0.6 is 0 Å². The lowest BCUT2D eigenvalue weighted by molar-refractivity contribution is -0.137. The fourth-order valence-corrected chi connectivity index (χ4v) is 3.23. The van der Waals surface area contributed by atoms with Crippen LogP contribution in [0.4, 0.5) is 19.0 Å². The molecule has 0 amide bonds. The monoisotopic (exact) mass is 348 g/mol. The molecule has 2 aliphatic rings. The van der Waals surface area contributed by atoms with Crippen molar-refractivity contribution in [3.05, 3.63) is 42.0 Å². The molecule has 4 nitrogen and oxygen atoms in total. The maximum Gasteiger partial charge on any atom is 0.416 e. The molecular weight excluding hydrogens is 329 g/mol. The van der Waals surface area contributed by atoms with Gasteiger partial charge in [-0.3, -0.25) is 4.90 Å². The number of hydrogen-bond acceptors (Lipinski definition) is 4. The number of aromatic nitrogens is 2. The predicted octanol–water partition coefficient (Wildman–Crippen LogP) is 3.45. The van der Waals surface area contributed by atoms with Crippen molar-refractivity contribution in [2.45, 2.75) is 25.1 Å². The van der Waals surface area contributed by atoms with Gasteiger partial charge in [-0.05, 0) is 37.1 Å². The first-order valence-electron chi connectivity index (χ1n) is 8.51. The normalized spacial score (nSPS) is 19.2. The Labute approximate surface area is 144 Å². The van der Waals surface area contributed by atoms with Gasteiger partial charge in [0.1, 0.15) is 0 Å². The van der Waals surface area contributed by atoms with Crippen molar-refractivity contribution in [1.82, 2.24) is 15.1 Å². The van der Waals surface area contributed by atoms with Crippen molar-refractivity contribution in [1.29, 1.82) is 0 Å². The fraction of sp³-hybridized carbons (Fsp3) is 0.444. The number of hydrogen-bond donors (Lipinski definition) is 0. The van der Waals surface area contributed by atoms with Crippen LogP contribution in [0.25, 0.3) is 11.3 Å². The summed E-state index contributed by atoms with van der Waals surface area (Å²) in [5.74, 6) is 0.825. The predicted molar refractivity (Wildman–Crippen MR) is 89.3 cm³/mol. The van der Waals surface area contributed by atoms with Crippen LogP contribution in [0.5, 0.6) is 0 Å². The molecule has 0 unspecified atom stereocenters. The Bertz CT molecular complexity index is 715. The quantitative estimate of drug-likeness (QED) is 0.851. The standard InChI is InChI=1S/C18H19F3N4/c19-18(20,21)14-3-1-13(2-4-14)16-7-8-17(23-22-16)25-11-9-24(10-12-25)15-5-6-15/h1-4,7-8,15H,5-6,9-12H2. The molecule has 0 N–H and O–H groups in total. The van der Waals surface area contributed by atoms with Gasteiger partial charge in [0.15, 0.2) is 5.82 Å². The van der Waals surface area contributed by atoms with E-state index >= 15 is 0 Å². The highest BCUT2D eigenvalue weighted by atomic mass is 19.4. The van der Waals surface area contributed by atoms with Crippen molar-refractivity contribution in [2.75, 3.05) is 31.1 Å². The highest BCUT2D eigenvalue weighted by Gasteiger charge is 2.31. The number of rotatable bonds is 3. The molecule has 1 aromatic heterocycles. The first-order valence-corrected chi connectivity index (χ1v) is 8.51. The molecule has 1 aromatic carbocycles. The smallest absolute Gasteiger partial charge is 0.353 e. The number of benzene rings is 1.